The summed E-state index contributed by atoms with van der Waals surface area (Å²) in [4.78, 5) is 13.6. The first kappa shape index (κ1) is 15.0. The maximum atomic E-state index is 11.1. The lowest BCUT2D eigenvalue weighted by Gasteiger charge is -2.50. The molecule has 2 saturated carbocycles. The third-order valence-corrected chi connectivity index (χ3v) is 6.23. The van der Waals surface area contributed by atoms with Gasteiger partial charge in [-0.05, 0) is 49.7 Å². The maximum Gasteiger partial charge on any atom is 0.269 e. The molecule has 2 atom stereocenters. The number of nitrogens with zero attached hydrogens (tertiary/aromatic N) is 2. The van der Waals surface area contributed by atoms with Gasteiger partial charge in [0.1, 0.15) is 0 Å². The fraction of sp³-hybridized carbons (Fsp3) is 0.684. The van der Waals surface area contributed by atoms with E-state index in [1.54, 1.807) is 6.07 Å². The molecule has 0 radical (unpaired) electrons. The molecule has 0 aromatic heterocycles. The molecule has 1 aromatic carbocycles. The SMILES string of the molecule is O=[N+]([O-])c1ccc2c(c1)C[C@H]1CCCC[C@H]1N2C1CCCCC1. The minimum atomic E-state index is -0.252. The van der Waals surface area contributed by atoms with Gasteiger partial charge in [0.05, 0.1) is 4.92 Å². The molecule has 1 aliphatic heterocycles. The minimum absolute atomic E-state index is 0.251. The molecule has 2 aliphatic carbocycles. The average molecular weight is 314 g/mol. The van der Waals surface area contributed by atoms with E-state index in [4.69, 9.17) is 0 Å². The van der Waals surface area contributed by atoms with Gasteiger partial charge >= 0.3 is 0 Å². The van der Waals surface area contributed by atoms with Gasteiger partial charge < -0.3 is 4.90 Å². The van der Waals surface area contributed by atoms with Crippen molar-refractivity contribution in [2.75, 3.05) is 4.90 Å². The van der Waals surface area contributed by atoms with Crippen LogP contribution in [0.15, 0.2) is 18.2 Å². The number of hydrogen-bond acceptors (Lipinski definition) is 3. The highest BCUT2D eigenvalue weighted by atomic mass is 16.6. The fourth-order valence-corrected chi connectivity index (χ4v) is 5.18. The van der Waals surface area contributed by atoms with Crippen LogP contribution in [0.3, 0.4) is 0 Å². The van der Waals surface area contributed by atoms with Crippen LogP contribution >= 0.6 is 0 Å². The number of fused-ring (bicyclic) bond motifs is 2. The van der Waals surface area contributed by atoms with Crippen molar-refractivity contribution < 1.29 is 4.92 Å². The number of benzene rings is 1. The molecule has 0 bridgehead atoms. The van der Waals surface area contributed by atoms with E-state index in [0.717, 1.165) is 6.42 Å². The molecule has 1 heterocycles. The van der Waals surface area contributed by atoms with Crippen LogP contribution in [0.2, 0.25) is 0 Å². The quantitative estimate of drug-likeness (QED) is 0.579. The molecule has 3 aliphatic rings. The van der Waals surface area contributed by atoms with E-state index in [1.165, 1.54) is 69.0 Å². The van der Waals surface area contributed by atoms with Gasteiger partial charge in [-0.15, -0.1) is 0 Å². The van der Waals surface area contributed by atoms with Crippen LogP contribution in [0.4, 0.5) is 11.4 Å². The summed E-state index contributed by atoms with van der Waals surface area (Å²) in [5.74, 6) is 0.695. The lowest BCUT2D eigenvalue weighted by Crippen LogP contribution is -2.52. The first-order valence-corrected chi connectivity index (χ1v) is 9.29. The van der Waals surface area contributed by atoms with Crippen LogP contribution in [0.5, 0.6) is 0 Å². The summed E-state index contributed by atoms with van der Waals surface area (Å²) in [5.41, 5.74) is 2.76. The van der Waals surface area contributed by atoms with Crippen molar-refractivity contribution in [3.8, 4) is 0 Å². The lowest BCUT2D eigenvalue weighted by atomic mass is 9.75. The van der Waals surface area contributed by atoms with Crippen molar-refractivity contribution in [3.63, 3.8) is 0 Å². The van der Waals surface area contributed by atoms with E-state index in [2.05, 4.69) is 4.90 Å². The Morgan fingerprint density at radius 1 is 1.00 bits per heavy atom. The highest BCUT2D eigenvalue weighted by Gasteiger charge is 2.39. The molecule has 124 valence electrons. The summed E-state index contributed by atoms with van der Waals surface area (Å²) in [7, 11) is 0. The maximum absolute atomic E-state index is 11.1. The average Bonchev–Trinajstić information content (AvgIpc) is 2.59. The predicted molar refractivity (Wildman–Crippen MR) is 91.9 cm³/mol. The number of anilines is 1. The van der Waals surface area contributed by atoms with Crippen molar-refractivity contribution in [1.29, 1.82) is 0 Å². The van der Waals surface area contributed by atoms with Gasteiger partial charge in [0.25, 0.3) is 5.69 Å². The van der Waals surface area contributed by atoms with E-state index >= 15 is 0 Å². The summed E-state index contributed by atoms with van der Waals surface area (Å²) in [5, 5.41) is 11.1. The molecule has 0 spiro atoms. The number of non-ortho nitro benzene ring substituents is 1. The second-order valence-electron chi connectivity index (χ2n) is 7.59. The van der Waals surface area contributed by atoms with E-state index in [1.807, 2.05) is 12.1 Å². The molecular formula is C19H26N2O2. The minimum Gasteiger partial charge on any atom is -0.365 e. The van der Waals surface area contributed by atoms with Crippen molar-refractivity contribution in [2.45, 2.75) is 76.3 Å². The topological polar surface area (TPSA) is 46.4 Å². The van der Waals surface area contributed by atoms with E-state index < -0.39 is 0 Å². The Morgan fingerprint density at radius 2 is 1.74 bits per heavy atom. The third-order valence-electron chi connectivity index (χ3n) is 6.23. The van der Waals surface area contributed by atoms with Gasteiger partial charge in [-0.3, -0.25) is 10.1 Å². The summed E-state index contributed by atoms with van der Waals surface area (Å²) in [6, 6.07) is 6.90. The third kappa shape index (κ3) is 2.73. The number of nitro groups is 1. The first-order chi connectivity index (χ1) is 11.2. The van der Waals surface area contributed by atoms with Crippen LogP contribution in [0, 0.1) is 16.0 Å². The Kier molecular flexibility index (Phi) is 4.00. The second kappa shape index (κ2) is 6.14. The monoisotopic (exact) mass is 314 g/mol. The van der Waals surface area contributed by atoms with Crippen LogP contribution in [-0.2, 0) is 6.42 Å². The van der Waals surface area contributed by atoms with Gasteiger partial charge in [-0.1, -0.05) is 32.1 Å². The summed E-state index contributed by atoms with van der Waals surface area (Å²) < 4.78 is 0. The van der Waals surface area contributed by atoms with Gasteiger partial charge in [0.15, 0.2) is 0 Å². The zero-order valence-corrected chi connectivity index (χ0v) is 13.7. The first-order valence-electron chi connectivity index (χ1n) is 9.29. The number of hydrogen-bond donors (Lipinski definition) is 0. The van der Waals surface area contributed by atoms with E-state index in [0.29, 0.717) is 18.0 Å². The Hall–Kier alpha value is -1.58. The summed E-state index contributed by atoms with van der Waals surface area (Å²) in [6.07, 6.45) is 12.9. The highest BCUT2D eigenvalue weighted by Crippen LogP contribution is 2.44. The molecule has 0 unspecified atom stereocenters. The Bertz CT molecular complexity index is 595. The van der Waals surface area contributed by atoms with E-state index in [-0.39, 0.29) is 10.6 Å². The molecule has 23 heavy (non-hydrogen) atoms. The highest BCUT2D eigenvalue weighted by molar-refractivity contribution is 5.61. The molecule has 0 N–H and O–H groups in total. The van der Waals surface area contributed by atoms with Gasteiger partial charge in [-0.25, -0.2) is 0 Å². The normalized spacial score (nSPS) is 28.1. The van der Waals surface area contributed by atoms with Crippen LogP contribution in [0.1, 0.15) is 63.4 Å². The van der Waals surface area contributed by atoms with Crippen molar-refractivity contribution in [3.05, 3.63) is 33.9 Å². The molecule has 4 nitrogen and oxygen atoms in total. The Balaban J connectivity index is 1.73. The fourth-order valence-electron chi connectivity index (χ4n) is 5.18. The van der Waals surface area contributed by atoms with Crippen LogP contribution in [-0.4, -0.2) is 17.0 Å². The lowest BCUT2D eigenvalue weighted by molar-refractivity contribution is -0.384. The standard InChI is InChI=1S/C19H26N2O2/c22-21(23)17-10-11-19-15(13-17)12-14-6-4-5-9-18(14)20(19)16-7-2-1-3-8-16/h10-11,13-14,16,18H,1-9,12H2/t14-,18-/m1/s1. The molecule has 4 rings (SSSR count). The Labute approximate surface area is 138 Å². The molecule has 2 fully saturated rings. The molecule has 0 amide bonds. The van der Waals surface area contributed by atoms with Gasteiger partial charge in [0, 0.05) is 29.9 Å². The van der Waals surface area contributed by atoms with E-state index in [9.17, 15) is 10.1 Å². The van der Waals surface area contributed by atoms with Gasteiger partial charge in [0.2, 0.25) is 0 Å². The molecule has 0 saturated heterocycles. The Morgan fingerprint density at radius 3 is 2.52 bits per heavy atom. The van der Waals surface area contributed by atoms with Gasteiger partial charge in [-0.2, -0.15) is 0 Å². The van der Waals surface area contributed by atoms with Crippen LogP contribution in [0.25, 0.3) is 0 Å². The largest absolute Gasteiger partial charge is 0.365 e. The van der Waals surface area contributed by atoms with Crippen molar-refractivity contribution in [2.24, 2.45) is 5.92 Å². The summed E-state index contributed by atoms with van der Waals surface area (Å²) >= 11 is 0. The second-order valence-corrected chi connectivity index (χ2v) is 7.59. The number of rotatable bonds is 2. The zero-order chi connectivity index (χ0) is 15.8. The molecule has 4 heteroatoms. The zero-order valence-electron chi connectivity index (χ0n) is 13.7. The smallest absolute Gasteiger partial charge is 0.269 e. The van der Waals surface area contributed by atoms with Crippen molar-refractivity contribution >= 4 is 11.4 Å². The predicted octanol–water partition coefficient (Wildman–Crippen LogP) is 4.85. The summed E-state index contributed by atoms with van der Waals surface area (Å²) in [6.45, 7) is 0. The molecule has 1 aromatic rings. The van der Waals surface area contributed by atoms with Crippen LogP contribution < -0.4 is 4.90 Å². The van der Waals surface area contributed by atoms with Crippen molar-refractivity contribution in [1.82, 2.24) is 0 Å². The number of nitro benzene ring substituents is 1. The molecular weight excluding hydrogens is 288 g/mol.